The summed E-state index contributed by atoms with van der Waals surface area (Å²) < 4.78 is 0. The van der Waals surface area contributed by atoms with E-state index in [2.05, 4.69) is 55.9 Å². The number of rotatable bonds is 5. The highest BCUT2D eigenvalue weighted by molar-refractivity contribution is 5.93. The molecule has 7 nitrogen and oxygen atoms in total. The second kappa shape index (κ2) is 8.63. The van der Waals surface area contributed by atoms with Crippen LogP contribution in [0, 0.1) is 6.92 Å². The van der Waals surface area contributed by atoms with Gasteiger partial charge in [0.15, 0.2) is 0 Å². The van der Waals surface area contributed by atoms with E-state index in [-0.39, 0.29) is 5.91 Å². The molecular formula is C25H24N6O. The highest BCUT2D eigenvalue weighted by atomic mass is 16.2. The largest absolute Gasteiger partial charge is 0.365 e. The number of nitrogens with one attached hydrogen (secondary N) is 2. The molecule has 3 aromatic heterocycles. The number of aryl methyl sites for hydroxylation is 1. The fourth-order valence-electron chi connectivity index (χ4n) is 3.93. The molecule has 4 heterocycles. The number of amides is 1. The highest BCUT2D eigenvalue weighted by Gasteiger charge is 2.18. The second-order valence-corrected chi connectivity index (χ2v) is 7.93. The molecule has 0 aliphatic carbocycles. The zero-order valence-electron chi connectivity index (χ0n) is 17.9. The van der Waals surface area contributed by atoms with Crippen molar-refractivity contribution in [2.45, 2.75) is 13.5 Å². The van der Waals surface area contributed by atoms with E-state index in [0.717, 1.165) is 34.6 Å². The van der Waals surface area contributed by atoms with Crippen LogP contribution in [0.4, 0.5) is 11.6 Å². The molecule has 1 aliphatic rings. The topological polar surface area (TPSA) is 83.0 Å². The Labute approximate surface area is 186 Å². The lowest BCUT2D eigenvalue weighted by molar-refractivity contribution is -0.120. The van der Waals surface area contributed by atoms with Crippen LogP contribution in [0.2, 0.25) is 0 Å². The van der Waals surface area contributed by atoms with Crippen LogP contribution in [0.5, 0.6) is 0 Å². The number of hydrogen-bond acceptors (Lipinski definition) is 6. The van der Waals surface area contributed by atoms with Crippen LogP contribution in [-0.4, -0.2) is 40.5 Å². The van der Waals surface area contributed by atoms with Gasteiger partial charge >= 0.3 is 0 Å². The maximum absolute atomic E-state index is 11.7. The van der Waals surface area contributed by atoms with Crippen molar-refractivity contribution in [3.05, 3.63) is 78.4 Å². The number of anilines is 2. The molecule has 0 spiro atoms. The van der Waals surface area contributed by atoms with Crippen LogP contribution in [0.25, 0.3) is 21.9 Å². The van der Waals surface area contributed by atoms with Gasteiger partial charge in [-0.3, -0.25) is 9.78 Å². The van der Waals surface area contributed by atoms with Crippen molar-refractivity contribution in [3.8, 4) is 11.1 Å². The molecule has 7 heteroatoms. The van der Waals surface area contributed by atoms with Gasteiger partial charge in [0.25, 0.3) is 0 Å². The second-order valence-electron chi connectivity index (χ2n) is 7.93. The predicted octanol–water partition coefficient (Wildman–Crippen LogP) is 3.55. The van der Waals surface area contributed by atoms with E-state index in [1.165, 1.54) is 16.7 Å². The number of fused-ring (bicyclic) bond motifs is 1. The normalized spacial score (nSPS) is 13.8. The minimum atomic E-state index is 0.0281. The standard InChI is InChI=1S/C25H24N6O/c1-17-12-20(6-8-26-17)19-4-2-18(3-5-19)14-30-25-22-15-29-23(13-21(22)7-9-28-25)31-11-10-27-24(32)16-31/h2-9,12-13,15H,10-11,14,16H2,1H3,(H,27,32)(H,28,30). The summed E-state index contributed by atoms with van der Waals surface area (Å²) in [6.07, 6.45) is 5.47. The molecular weight excluding hydrogens is 400 g/mol. The predicted molar refractivity (Wildman–Crippen MR) is 126 cm³/mol. The Morgan fingerprint density at radius 3 is 2.66 bits per heavy atom. The Balaban J connectivity index is 1.31. The summed E-state index contributed by atoms with van der Waals surface area (Å²) in [7, 11) is 0. The number of piperazine rings is 1. The molecule has 0 saturated carbocycles. The van der Waals surface area contributed by atoms with Crippen molar-refractivity contribution >= 4 is 28.3 Å². The SMILES string of the molecule is Cc1cc(-c2ccc(CNc3nccc4cc(N5CCNC(=O)C5)ncc34)cc2)ccn1. The van der Waals surface area contributed by atoms with Gasteiger partial charge in [0.2, 0.25) is 5.91 Å². The van der Waals surface area contributed by atoms with Crippen molar-refractivity contribution in [2.75, 3.05) is 29.9 Å². The Kier molecular flexibility index (Phi) is 5.37. The third kappa shape index (κ3) is 4.23. The van der Waals surface area contributed by atoms with E-state index in [1.54, 1.807) is 6.20 Å². The average Bonchev–Trinajstić information content (AvgIpc) is 2.82. The summed E-state index contributed by atoms with van der Waals surface area (Å²) in [5.74, 6) is 1.64. The van der Waals surface area contributed by atoms with Gasteiger partial charge in [-0.05, 0) is 53.3 Å². The molecule has 0 atom stereocenters. The smallest absolute Gasteiger partial charge is 0.239 e. The first-order chi connectivity index (χ1) is 15.7. The number of hydrogen-bond donors (Lipinski definition) is 2. The van der Waals surface area contributed by atoms with Crippen molar-refractivity contribution < 1.29 is 4.79 Å². The van der Waals surface area contributed by atoms with E-state index in [0.29, 0.717) is 19.6 Å². The fraction of sp³-hybridized carbons (Fsp3) is 0.200. The molecule has 2 N–H and O–H groups in total. The monoisotopic (exact) mass is 424 g/mol. The van der Waals surface area contributed by atoms with E-state index >= 15 is 0 Å². The Morgan fingerprint density at radius 1 is 1.00 bits per heavy atom. The third-order valence-corrected chi connectivity index (χ3v) is 5.64. The molecule has 0 bridgehead atoms. The lowest BCUT2D eigenvalue weighted by Gasteiger charge is -2.27. The highest BCUT2D eigenvalue weighted by Crippen LogP contribution is 2.25. The summed E-state index contributed by atoms with van der Waals surface area (Å²) in [5, 5.41) is 8.29. The summed E-state index contributed by atoms with van der Waals surface area (Å²) >= 11 is 0. The lowest BCUT2D eigenvalue weighted by Crippen LogP contribution is -2.48. The maximum Gasteiger partial charge on any atom is 0.239 e. The molecule has 1 aliphatic heterocycles. The van der Waals surface area contributed by atoms with Gasteiger partial charge in [-0.1, -0.05) is 24.3 Å². The molecule has 0 unspecified atom stereocenters. The molecule has 160 valence electrons. The van der Waals surface area contributed by atoms with Crippen molar-refractivity contribution in [2.24, 2.45) is 0 Å². The van der Waals surface area contributed by atoms with E-state index in [9.17, 15) is 4.79 Å². The van der Waals surface area contributed by atoms with Crippen LogP contribution in [-0.2, 0) is 11.3 Å². The van der Waals surface area contributed by atoms with Crippen LogP contribution in [0.15, 0.2) is 67.1 Å². The molecule has 1 amide bonds. The number of nitrogens with zero attached hydrogens (tertiary/aromatic N) is 4. The first-order valence-electron chi connectivity index (χ1n) is 10.7. The molecule has 1 saturated heterocycles. The van der Waals surface area contributed by atoms with Crippen LogP contribution in [0.1, 0.15) is 11.3 Å². The van der Waals surface area contributed by atoms with Crippen molar-refractivity contribution in [3.63, 3.8) is 0 Å². The van der Waals surface area contributed by atoms with Crippen molar-refractivity contribution in [1.29, 1.82) is 0 Å². The van der Waals surface area contributed by atoms with Gasteiger partial charge in [0.05, 0.1) is 6.54 Å². The number of aromatic nitrogens is 3. The van der Waals surface area contributed by atoms with Gasteiger partial charge in [0, 0.05) is 49.3 Å². The molecule has 0 radical (unpaired) electrons. The van der Waals surface area contributed by atoms with Gasteiger partial charge in [-0.25, -0.2) is 9.97 Å². The molecule has 32 heavy (non-hydrogen) atoms. The summed E-state index contributed by atoms with van der Waals surface area (Å²) in [5.41, 5.74) is 4.52. The van der Waals surface area contributed by atoms with E-state index in [1.807, 2.05) is 42.4 Å². The quantitative estimate of drug-likeness (QED) is 0.510. The lowest BCUT2D eigenvalue weighted by atomic mass is 10.0. The molecule has 5 rings (SSSR count). The number of pyridine rings is 3. The van der Waals surface area contributed by atoms with Crippen LogP contribution >= 0.6 is 0 Å². The van der Waals surface area contributed by atoms with Crippen LogP contribution in [0.3, 0.4) is 0 Å². The number of benzene rings is 1. The summed E-state index contributed by atoms with van der Waals surface area (Å²) in [6.45, 7) is 4.40. The minimum Gasteiger partial charge on any atom is -0.365 e. The van der Waals surface area contributed by atoms with Gasteiger partial charge in [-0.2, -0.15) is 0 Å². The first-order valence-corrected chi connectivity index (χ1v) is 10.7. The zero-order chi connectivity index (χ0) is 21.9. The van der Waals surface area contributed by atoms with Crippen LogP contribution < -0.4 is 15.5 Å². The molecule has 4 aromatic rings. The van der Waals surface area contributed by atoms with E-state index in [4.69, 9.17) is 0 Å². The van der Waals surface area contributed by atoms with Gasteiger partial charge < -0.3 is 15.5 Å². The Hall–Kier alpha value is -4.00. The number of carbonyl (C=O) groups is 1. The summed E-state index contributed by atoms with van der Waals surface area (Å²) in [6, 6.07) is 16.6. The molecule has 1 fully saturated rings. The van der Waals surface area contributed by atoms with Gasteiger partial charge in [0.1, 0.15) is 11.6 Å². The van der Waals surface area contributed by atoms with Crippen molar-refractivity contribution in [1.82, 2.24) is 20.3 Å². The Bertz CT molecular complexity index is 1270. The number of carbonyl (C=O) groups excluding carboxylic acids is 1. The zero-order valence-corrected chi connectivity index (χ0v) is 17.9. The third-order valence-electron chi connectivity index (χ3n) is 5.64. The summed E-state index contributed by atoms with van der Waals surface area (Å²) in [4.78, 5) is 27.1. The minimum absolute atomic E-state index is 0.0281. The first kappa shape index (κ1) is 19.9. The van der Waals surface area contributed by atoms with E-state index < -0.39 is 0 Å². The molecule has 1 aromatic carbocycles. The van der Waals surface area contributed by atoms with Gasteiger partial charge in [-0.15, -0.1) is 0 Å². The average molecular weight is 425 g/mol. The maximum atomic E-state index is 11.7. The fourth-order valence-corrected chi connectivity index (χ4v) is 3.93. The Morgan fingerprint density at radius 2 is 1.84 bits per heavy atom.